The summed E-state index contributed by atoms with van der Waals surface area (Å²) in [6, 6.07) is 21.5. The van der Waals surface area contributed by atoms with Crippen LogP contribution in [0.2, 0.25) is 0 Å². The summed E-state index contributed by atoms with van der Waals surface area (Å²) < 4.78 is 18.7. The van der Waals surface area contributed by atoms with Gasteiger partial charge in [0.25, 0.3) is 0 Å². The zero-order chi connectivity index (χ0) is 22.2. The van der Waals surface area contributed by atoms with E-state index in [-0.39, 0.29) is 5.41 Å². The van der Waals surface area contributed by atoms with Gasteiger partial charge in [0.05, 0.1) is 19.8 Å². The van der Waals surface area contributed by atoms with Gasteiger partial charge in [-0.3, -0.25) is 0 Å². The Hall–Kier alpha value is -2.40. The van der Waals surface area contributed by atoms with Crippen molar-refractivity contribution in [2.45, 2.75) is 32.9 Å². The van der Waals surface area contributed by atoms with Crippen molar-refractivity contribution in [3.8, 4) is 0 Å². The van der Waals surface area contributed by atoms with Gasteiger partial charge in [-0.05, 0) is 42.5 Å². The molecule has 32 heavy (non-hydrogen) atoms. The maximum absolute atomic E-state index is 6.73. The van der Waals surface area contributed by atoms with Crippen molar-refractivity contribution < 1.29 is 14.2 Å². The van der Waals surface area contributed by atoms with Crippen molar-refractivity contribution in [2.24, 2.45) is 5.41 Å². The van der Waals surface area contributed by atoms with Crippen molar-refractivity contribution in [2.75, 3.05) is 39.6 Å². The molecule has 0 saturated carbocycles. The molecule has 2 aliphatic heterocycles. The van der Waals surface area contributed by atoms with Crippen molar-refractivity contribution in [1.82, 2.24) is 4.90 Å². The van der Waals surface area contributed by atoms with Gasteiger partial charge in [0.1, 0.15) is 0 Å². The first-order valence-corrected chi connectivity index (χ1v) is 11.8. The Morgan fingerprint density at radius 3 is 2.16 bits per heavy atom. The van der Waals surface area contributed by atoms with Crippen LogP contribution in [0.5, 0.6) is 0 Å². The van der Waals surface area contributed by atoms with E-state index in [1.54, 1.807) is 0 Å². The van der Waals surface area contributed by atoms with Gasteiger partial charge in [-0.2, -0.15) is 0 Å². The molecule has 1 fully saturated rings. The van der Waals surface area contributed by atoms with E-state index in [0.717, 1.165) is 13.0 Å². The van der Waals surface area contributed by atoms with E-state index in [2.05, 4.69) is 86.3 Å². The molecule has 2 heterocycles. The summed E-state index contributed by atoms with van der Waals surface area (Å²) in [6.07, 6.45) is 0.910. The van der Waals surface area contributed by atoms with Crippen LogP contribution in [-0.4, -0.2) is 50.2 Å². The molecular formula is C28H33NO3. The Labute approximate surface area is 191 Å². The highest BCUT2D eigenvalue weighted by Gasteiger charge is 2.70. The van der Waals surface area contributed by atoms with Crippen LogP contribution in [0.4, 0.5) is 0 Å². The van der Waals surface area contributed by atoms with Crippen LogP contribution in [0.3, 0.4) is 0 Å². The van der Waals surface area contributed by atoms with E-state index in [4.69, 9.17) is 14.2 Å². The first-order valence-electron chi connectivity index (χ1n) is 11.8. The van der Waals surface area contributed by atoms with Crippen LogP contribution in [0, 0.1) is 5.41 Å². The topological polar surface area (TPSA) is 30.9 Å². The summed E-state index contributed by atoms with van der Waals surface area (Å²) in [5.74, 6) is 0. The zero-order valence-electron chi connectivity index (χ0n) is 19.4. The van der Waals surface area contributed by atoms with E-state index in [1.807, 2.05) is 0 Å². The van der Waals surface area contributed by atoms with E-state index in [9.17, 15) is 0 Å². The molecule has 2 aromatic carbocycles. The van der Waals surface area contributed by atoms with Crippen molar-refractivity contribution in [3.05, 3.63) is 82.9 Å². The normalized spacial score (nSPS) is 26.8. The molecule has 3 aliphatic rings. The number of hydrogen-bond donors (Lipinski definition) is 0. The third-order valence-electron chi connectivity index (χ3n) is 7.23. The van der Waals surface area contributed by atoms with Gasteiger partial charge < -0.3 is 19.1 Å². The van der Waals surface area contributed by atoms with Gasteiger partial charge in [-0.15, -0.1) is 0 Å². The first-order chi connectivity index (χ1) is 15.7. The van der Waals surface area contributed by atoms with Crippen LogP contribution in [0.1, 0.15) is 38.3 Å². The van der Waals surface area contributed by atoms with E-state index in [0.29, 0.717) is 33.0 Å². The van der Waals surface area contributed by atoms with E-state index in [1.165, 1.54) is 33.5 Å². The molecular weight excluding hydrogens is 398 g/mol. The summed E-state index contributed by atoms with van der Waals surface area (Å²) in [7, 11) is 0. The minimum atomic E-state index is -0.464. The molecule has 1 aliphatic carbocycles. The largest absolute Gasteiger partial charge is 0.377 e. The zero-order valence-corrected chi connectivity index (χ0v) is 19.4. The standard InChI is InChI=1S/C28H33NO3/c1-4-30-19-23-18-27(3)25(21-12-8-6-9-13-21)24(20-31-5-2)28(27)29(16-17-32-28)26(23)22-14-10-7-11-15-22/h6-15H,4-5,16-20H2,1-3H3. The average molecular weight is 432 g/mol. The molecule has 4 heteroatoms. The molecule has 1 saturated heterocycles. The lowest BCUT2D eigenvalue weighted by atomic mass is 9.52. The van der Waals surface area contributed by atoms with Crippen LogP contribution in [0.25, 0.3) is 11.3 Å². The number of rotatable bonds is 8. The number of hydrogen-bond acceptors (Lipinski definition) is 4. The molecule has 0 bridgehead atoms. The fourth-order valence-corrected chi connectivity index (χ4v) is 6.12. The summed E-state index contributed by atoms with van der Waals surface area (Å²) >= 11 is 0. The molecule has 168 valence electrons. The molecule has 5 rings (SSSR count). The Morgan fingerprint density at radius 1 is 0.875 bits per heavy atom. The monoisotopic (exact) mass is 431 g/mol. The van der Waals surface area contributed by atoms with Crippen molar-refractivity contribution in [1.29, 1.82) is 0 Å². The third-order valence-corrected chi connectivity index (χ3v) is 7.23. The summed E-state index contributed by atoms with van der Waals surface area (Å²) in [6.45, 7) is 10.7. The predicted molar refractivity (Wildman–Crippen MR) is 128 cm³/mol. The van der Waals surface area contributed by atoms with Gasteiger partial charge in [0.2, 0.25) is 0 Å². The van der Waals surface area contributed by atoms with Crippen LogP contribution in [0.15, 0.2) is 71.8 Å². The van der Waals surface area contributed by atoms with E-state index >= 15 is 0 Å². The second-order valence-electron chi connectivity index (χ2n) is 8.97. The number of nitrogens with zero attached hydrogens (tertiary/aromatic N) is 1. The Kier molecular flexibility index (Phi) is 5.70. The summed E-state index contributed by atoms with van der Waals surface area (Å²) in [5.41, 5.74) is 7.15. The second kappa shape index (κ2) is 8.51. The van der Waals surface area contributed by atoms with Crippen molar-refractivity contribution in [3.63, 3.8) is 0 Å². The van der Waals surface area contributed by atoms with Gasteiger partial charge in [-0.25, -0.2) is 0 Å². The fourth-order valence-electron chi connectivity index (χ4n) is 6.12. The highest BCUT2D eigenvalue weighted by atomic mass is 16.5. The Morgan fingerprint density at radius 2 is 1.50 bits per heavy atom. The van der Waals surface area contributed by atoms with Gasteiger partial charge in [0, 0.05) is 36.4 Å². The molecule has 0 amide bonds. The fraction of sp³-hybridized carbons (Fsp3) is 0.429. The Bertz CT molecular complexity index is 1030. The van der Waals surface area contributed by atoms with Crippen molar-refractivity contribution >= 4 is 11.3 Å². The number of benzene rings is 2. The van der Waals surface area contributed by atoms with Crippen LogP contribution < -0.4 is 0 Å². The van der Waals surface area contributed by atoms with Crippen LogP contribution in [-0.2, 0) is 14.2 Å². The molecule has 0 N–H and O–H groups in total. The lowest BCUT2D eigenvalue weighted by molar-refractivity contribution is -0.131. The molecule has 1 spiro atoms. The first kappa shape index (κ1) is 21.4. The maximum Gasteiger partial charge on any atom is 0.176 e. The highest BCUT2D eigenvalue weighted by Crippen LogP contribution is 2.69. The predicted octanol–water partition coefficient (Wildman–Crippen LogP) is 5.38. The van der Waals surface area contributed by atoms with Gasteiger partial charge >= 0.3 is 0 Å². The average Bonchev–Trinajstić information content (AvgIpc) is 3.29. The quantitative estimate of drug-likeness (QED) is 0.562. The highest BCUT2D eigenvalue weighted by molar-refractivity contribution is 5.87. The molecule has 0 radical (unpaired) electrons. The number of ether oxygens (including phenoxy) is 3. The Balaban J connectivity index is 1.69. The molecule has 0 aromatic heterocycles. The summed E-state index contributed by atoms with van der Waals surface area (Å²) in [5, 5.41) is 0. The third kappa shape index (κ3) is 3.01. The lowest BCUT2D eigenvalue weighted by Crippen LogP contribution is -2.67. The second-order valence-corrected chi connectivity index (χ2v) is 8.97. The molecule has 2 unspecified atom stereocenters. The minimum absolute atomic E-state index is 0.165. The smallest absolute Gasteiger partial charge is 0.176 e. The molecule has 2 aromatic rings. The van der Waals surface area contributed by atoms with E-state index < -0.39 is 5.72 Å². The molecule has 4 nitrogen and oxygen atoms in total. The van der Waals surface area contributed by atoms with Crippen LogP contribution >= 0.6 is 0 Å². The minimum Gasteiger partial charge on any atom is -0.377 e. The lowest BCUT2D eigenvalue weighted by Gasteiger charge is -2.64. The van der Waals surface area contributed by atoms with Gasteiger partial charge in [0.15, 0.2) is 5.72 Å². The summed E-state index contributed by atoms with van der Waals surface area (Å²) in [4.78, 5) is 2.51. The maximum atomic E-state index is 6.73. The SMILES string of the molecule is CCOCC1=C(c2ccccc2)N2CCOC23C(COCC)=C(c2ccccc2)C3(C)C1. The molecule has 2 atom stereocenters. The van der Waals surface area contributed by atoms with Gasteiger partial charge in [-0.1, -0.05) is 67.6 Å².